The zero-order valence-electron chi connectivity index (χ0n) is 9.03. The van der Waals surface area contributed by atoms with Gasteiger partial charge in [-0.05, 0) is 18.9 Å². The van der Waals surface area contributed by atoms with E-state index in [4.69, 9.17) is 5.11 Å². The highest BCUT2D eigenvalue weighted by atomic mass is 16.4. The summed E-state index contributed by atoms with van der Waals surface area (Å²) in [7, 11) is 0. The lowest BCUT2D eigenvalue weighted by Gasteiger charge is -2.10. The van der Waals surface area contributed by atoms with Crippen molar-refractivity contribution in [1.29, 1.82) is 0 Å². The van der Waals surface area contributed by atoms with Gasteiger partial charge in [0.15, 0.2) is 0 Å². The van der Waals surface area contributed by atoms with Gasteiger partial charge in [0.05, 0.1) is 11.0 Å². The van der Waals surface area contributed by atoms with E-state index < -0.39 is 11.4 Å². The maximum Gasteiger partial charge on any atom is 0.311 e. The first-order valence-electron chi connectivity index (χ1n) is 5.24. The second-order valence-corrected chi connectivity index (χ2v) is 4.21. The molecule has 90 valence electrons. The van der Waals surface area contributed by atoms with Gasteiger partial charge < -0.3 is 15.4 Å². The van der Waals surface area contributed by atoms with E-state index >= 15 is 0 Å². The van der Waals surface area contributed by atoms with E-state index in [2.05, 4.69) is 10.3 Å². The Kier molecular flexibility index (Phi) is 2.71. The molecule has 6 nitrogen and oxygen atoms in total. The average molecular weight is 236 g/mol. The predicted octanol–water partition coefficient (Wildman–Crippen LogP) is -0.0305. The zero-order chi connectivity index (χ0) is 12.5. The Hall–Kier alpha value is -2.11. The van der Waals surface area contributed by atoms with Crippen LogP contribution in [-0.2, 0) is 4.79 Å². The fourth-order valence-electron chi connectivity index (χ4n) is 1.52. The summed E-state index contributed by atoms with van der Waals surface area (Å²) in [6, 6.07) is 2.65. The highest BCUT2D eigenvalue weighted by molar-refractivity contribution is 5.94. The molecule has 2 rings (SSSR count). The number of carbonyl (C=O) groups excluding carboxylic acids is 1. The molecule has 1 aromatic rings. The third-order valence-corrected chi connectivity index (χ3v) is 2.94. The van der Waals surface area contributed by atoms with Crippen LogP contribution in [0.2, 0.25) is 0 Å². The molecule has 1 aliphatic rings. The van der Waals surface area contributed by atoms with Crippen LogP contribution in [0.15, 0.2) is 23.1 Å². The molecule has 0 bridgehead atoms. The van der Waals surface area contributed by atoms with Gasteiger partial charge in [-0.3, -0.25) is 14.4 Å². The third kappa shape index (κ3) is 2.35. The summed E-state index contributed by atoms with van der Waals surface area (Å²) >= 11 is 0. The number of aromatic amines is 1. The van der Waals surface area contributed by atoms with E-state index in [-0.39, 0.29) is 18.0 Å². The van der Waals surface area contributed by atoms with Crippen molar-refractivity contribution in [1.82, 2.24) is 10.3 Å². The Bertz CT molecular complexity index is 496. The van der Waals surface area contributed by atoms with Crippen LogP contribution < -0.4 is 10.9 Å². The summed E-state index contributed by atoms with van der Waals surface area (Å²) < 4.78 is 0. The highest BCUT2D eigenvalue weighted by Gasteiger charge is 2.50. The second kappa shape index (κ2) is 4.04. The van der Waals surface area contributed by atoms with E-state index in [0.717, 1.165) is 0 Å². The van der Waals surface area contributed by atoms with Crippen molar-refractivity contribution in [2.75, 3.05) is 6.54 Å². The molecule has 0 radical (unpaired) electrons. The van der Waals surface area contributed by atoms with E-state index in [1.807, 2.05) is 0 Å². The van der Waals surface area contributed by atoms with Crippen molar-refractivity contribution in [3.63, 3.8) is 0 Å². The van der Waals surface area contributed by atoms with Crippen LogP contribution in [-0.4, -0.2) is 28.5 Å². The lowest BCUT2D eigenvalue weighted by Crippen LogP contribution is -2.34. The Morgan fingerprint density at radius 2 is 2.12 bits per heavy atom. The number of hydrogen-bond acceptors (Lipinski definition) is 3. The van der Waals surface area contributed by atoms with E-state index in [1.165, 1.54) is 18.3 Å². The van der Waals surface area contributed by atoms with E-state index in [0.29, 0.717) is 18.4 Å². The Labute approximate surface area is 96.7 Å². The molecule has 1 amide bonds. The summed E-state index contributed by atoms with van der Waals surface area (Å²) in [5.41, 5.74) is -0.755. The number of amides is 1. The molecule has 1 aromatic heterocycles. The number of H-pyrrole nitrogens is 1. The Morgan fingerprint density at radius 3 is 2.59 bits per heavy atom. The van der Waals surface area contributed by atoms with Crippen LogP contribution in [0, 0.1) is 5.41 Å². The molecule has 0 unspecified atom stereocenters. The minimum absolute atomic E-state index is 0.125. The van der Waals surface area contributed by atoms with Crippen molar-refractivity contribution in [2.24, 2.45) is 5.41 Å². The first kappa shape index (κ1) is 11.4. The minimum atomic E-state index is -0.876. The van der Waals surface area contributed by atoms with Crippen LogP contribution >= 0.6 is 0 Å². The molecule has 0 aromatic carbocycles. The number of carboxylic acid groups (broad SMARTS) is 1. The van der Waals surface area contributed by atoms with Crippen LogP contribution in [0.5, 0.6) is 0 Å². The smallest absolute Gasteiger partial charge is 0.311 e. The average Bonchev–Trinajstić information content (AvgIpc) is 3.08. The van der Waals surface area contributed by atoms with Gasteiger partial charge in [-0.1, -0.05) is 0 Å². The van der Waals surface area contributed by atoms with Crippen LogP contribution in [0.1, 0.15) is 23.2 Å². The molecule has 1 aliphatic carbocycles. The normalized spacial score (nSPS) is 16.2. The number of carbonyl (C=O) groups is 2. The van der Waals surface area contributed by atoms with E-state index in [9.17, 15) is 14.4 Å². The number of carboxylic acids is 1. The summed E-state index contributed by atoms with van der Waals surface area (Å²) in [5.74, 6) is -1.26. The van der Waals surface area contributed by atoms with Gasteiger partial charge in [-0.25, -0.2) is 0 Å². The molecule has 0 aliphatic heterocycles. The van der Waals surface area contributed by atoms with Crippen LogP contribution in [0.25, 0.3) is 0 Å². The number of aliphatic carboxylic acids is 1. The maximum absolute atomic E-state index is 11.6. The van der Waals surface area contributed by atoms with Crippen molar-refractivity contribution < 1.29 is 14.7 Å². The lowest BCUT2D eigenvalue weighted by molar-refractivity contribution is -0.143. The summed E-state index contributed by atoms with van der Waals surface area (Å²) in [6.45, 7) is 0.125. The van der Waals surface area contributed by atoms with Crippen LogP contribution in [0.4, 0.5) is 0 Å². The third-order valence-electron chi connectivity index (χ3n) is 2.94. The van der Waals surface area contributed by atoms with Gasteiger partial charge in [0.2, 0.25) is 5.56 Å². The molecule has 17 heavy (non-hydrogen) atoms. The topological polar surface area (TPSA) is 99.3 Å². The summed E-state index contributed by atoms with van der Waals surface area (Å²) in [4.78, 5) is 35.7. The van der Waals surface area contributed by atoms with E-state index in [1.54, 1.807) is 0 Å². The molecule has 3 N–H and O–H groups in total. The molecule has 6 heteroatoms. The van der Waals surface area contributed by atoms with Gasteiger partial charge in [-0.15, -0.1) is 0 Å². The van der Waals surface area contributed by atoms with Crippen molar-refractivity contribution in [3.8, 4) is 0 Å². The molecule has 1 heterocycles. The first-order chi connectivity index (χ1) is 8.03. The van der Waals surface area contributed by atoms with Gasteiger partial charge >= 0.3 is 5.97 Å². The quantitative estimate of drug-likeness (QED) is 0.683. The number of nitrogens with one attached hydrogen (secondary N) is 2. The first-order valence-corrected chi connectivity index (χ1v) is 5.24. The maximum atomic E-state index is 11.6. The standard InChI is InChI=1S/C11H12N2O4/c14-8-2-1-7(5-12-8)9(15)13-6-11(3-4-11)10(16)17/h1-2,5H,3-4,6H2,(H,12,14)(H,13,15)(H,16,17). The number of hydrogen-bond donors (Lipinski definition) is 3. The van der Waals surface area contributed by atoms with Gasteiger partial charge in [0.1, 0.15) is 0 Å². The predicted molar refractivity (Wildman–Crippen MR) is 58.7 cm³/mol. The van der Waals surface area contributed by atoms with Crippen LogP contribution in [0.3, 0.4) is 0 Å². The minimum Gasteiger partial charge on any atom is -0.481 e. The molecule has 0 atom stereocenters. The Morgan fingerprint density at radius 1 is 1.41 bits per heavy atom. The molecular weight excluding hydrogens is 224 g/mol. The fraction of sp³-hybridized carbons (Fsp3) is 0.364. The van der Waals surface area contributed by atoms with Crippen molar-refractivity contribution in [3.05, 3.63) is 34.2 Å². The van der Waals surface area contributed by atoms with Crippen molar-refractivity contribution >= 4 is 11.9 Å². The largest absolute Gasteiger partial charge is 0.481 e. The zero-order valence-corrected chi connectivity index (χ0v) is 9.03. The van der Waals surface area contributed by atoms with Gasteiger partial charge in [0.25, 0.3) is 5.91 Å². The van der Waals surface area contributed by atoms with Crippen molar-refractivity contribution in [2.45, 2.75) is 12.8 Å². The number of aromatic nitrogens is 1. The summed E-state index contributed by atoms with van der Waals surface area (Å²) in [6.07, 6.45) is 2.49. The molecular formula is C11H12N2O4. The highest BCUT2D eigenvalue weighted by Crippen LogP contribution is 2.45. The van der Waals surface area contributed by atoms with Gasteiger partial charge in [0, 0.05) is 18.8 Å². The lowest BCUT2D eigenvalue weighted by atomic mass is 10.1. The molecule has 1 saturated carbocycles. The fourth-order valence-corrected chi connectivity index (χ4v) is 1.52. The van der Waals surface area contributed by atoms with Gasteiger partial charge in [-0.2, -0.15) is 0 Å². The molecule has 0 spiro atoms. The Balaban J connectivity index is 1.96. The second-order valence-electron chi connectivity index (χ2n) is 4.21. The molecule has 1 fully saturated rings. The SMILES string of the molecule is O=C(NCC1(C(=O)O)CC1)c1ccc(=O)[nH]c1. The summed E-state index contributed by atoms with van der Waals surface area (Å²) in [5, 5.41) is 11.5. The monoisotopic (exact) mass is 236 g/mol. The number of rotatable bonds is 4. The molecule has 0 saturated heterocycles. The number of pyridine rings is 1.